The smallest absolute Gasteiger partial charge is 0.394 e. The standard InChI is InChI=1S/C26H31O5P/c1-19(2)23-10-14-25(15-11-23)29-32(27,30-26-16-12-24(13-17-26)20(3)4)31-28-18-22-8-6-21(5)7-9-22/h6-17,19-20H,18H2,1-5H3. The SMILES string of the molecule is Cc1ccc(COOP(=O)(Oc2ccc(C(C)C)cc2)Oc2ccc(C(C)C)cc2)cc1. The molecule has 0 aliphatic rings. The molecule has 0 saturated heterocycles. The Morgan fingerprint density at radius 3 is 1.53 bits per heavy atom. The number of hydrogen-bond donors (Lipinski definition) is 0. The summed E-state index contributed by atoms with van der Waals surface area (Å²) < 4.78 is 30.0. The predicted octanol–water partition coefficient (Wildman–Crippen LogP) is 7.96. The molecule has 3 aromatic carbocycles. The second kappa shape index (κ2) is 10.8. The molecule has 0 amide bonds. The van der Waals surface area contributed by atoms with Crippen LogP contribution in [0.3, 0.4) is 0 Å². The van der Waals surface area contributed by atoms with Crippen LogP contribution in [0.15, 0.2) is 72.8 Å². The van der Waals surface area contributed by atoms with E-state index in [1.807, 2.05) is 55.5 Å². The van der Waals surface area contributed by atoms with Gasteiger partial charge >= 0.3 is 7.82 Å². The highest BCUT2D eigenvalue weighted by Crippen LogP contribution is 2.50. The lowest BCUT2D eigenvalue weighted by Gasteiger charge is -2.19. The monoisotopic (exact) mass is 454 g/mol. The summed E-state index contributed by atoms with van der Waals surface area (Å²) in [5, 5.41) is 0. The average molecular weight is 455 g/mol. The minimum absolute atomic E-state index is 0.107. The zero-order valence-corrected chi connectivity index (χ0v) is 20.2. The number of rotatable bonds is 10. The summed E-state index contributed by atoms with van der Waals surface area (Å²) in [6, 6.07) is 22.5. The van der Waals surface area contributed by atoms with Crippen molar-refractivity contribution in [3.63, 3.8) is 0 Å². The molecule has 0 heterocycles. The van der Waals surface area contributed by atoms with Crippen molar-refractivity contribution in [1.82, 2.24) is 0 Å². The molecule has 0 bridgehead atoms. The van der Waals surface area contributed by atoms with E-state index in [0.717, 1.165) is 22.3 Å². The van der Waals surface area contributed by atoms with Crippen molar-refractivity contribution in [2.45, 2.75) is 53.1 Å². The summed E-state index contributed by atoms with van der Waals surface area (Å²) in [6.07, 6.45) is 0. The lowest BCUT2D eigenvalue weighted by Crippen LogP contribution is -2.06. The van der Waals surface area contributed by atoms with Crippen LogP contribution in [-0.4, -0.2) is 0 Å². The number of phosphoric acid groups is 1. The average Bonchev–Trinajstić information content (AvgIpc) is 2.76. The van der Waals surface area contributed by atoms with E-state index in [1.165, 1.54) is 0 Å². The third kappa shape index (κ3) is 6.96. The second-order valence-electron chi connectivity index (χ2n) is 8.40. The highest BCUT2D eigenvalue weighted by Gasteiger charge is 2.33. The van der Waals surface area contributed by atoms with Crippen LogP contribution < -0.4 is 9.05 Å². The summed E-state index contributed by atoms with van der Waals surface area (Å²) in [4.78, 5) is 5.28. The van der Waals surface area contributed by atoms with Crippen molar-refractivity contribution >= 4 is 7.82 Å². The van der Waals surface area contributed by atoms with Gasteiger partial charge in [-0.1, -0.05) is 81.8 Å². The van der Waals surface area contributed by atoms with E-state index in [4.69, 9.17) is 18.6 Å². The van der Waals surface area contributed by atoms with Gasteiger partial charge in [-0.25, -0.2) is 9.45 Å². The zero-order valence-electron chi connectivity index (χ0n) is 19.3. The van der Waals surface area contributed by atoms with E-state index in [9.17, 15) is 4.57 Å². The molecule has 6 heteroatoms. The van der Waals surface area contributed by atoms with E-state index >= 15 is 0 Å². The van der Waals surface area contributed by atoms with Crippen molar-refractivity contribution in [3.8, 4) is 11.5 Å². The Bertz CT molecular complexity index is 968. The fourth-order valence-corrected chi connectivity index (χ4v) is 4.02. The van der Waals surface area contributed by atoms with E-state index < -0.39 is 7.82 Å². The molecule has 0 atom stereocenters. The van der Waals surface area contributed by atoms with E-state index in [1.54, 1.807) is 24.3 Å². The minimum atomic E-state index is -4.11. The number of hydrogen-bond acceptors (Lipinski definition) is 5. The molecule has 5 nitrogen and oxygen atoms in total. The Hall–Kier alpha value is -2.59. The minimum Gasteiger partial charge on any atom is -0.394 e. The summed E-state index contributed by atoms with van der Waals surface area (Å²) in [7, 11) is -4.11. The first-order valence-corrected chi connectivity index (χ1v) is 12.3. The molecule has 32 heavy (non-hydrogen) atoms. The Kier molecular flexibility index (Phi) is 8.14. The largest absolute Gasteiger partial charge is 0.615 e. The number of phosphoric ester groups is 1. The molecule has 0 fully saturated rings. The molecule has 0 spiro atoms. The van der Waals surface area contributed by atoms with Gasteiger partial charge in [-0.3, -0.25) is 0 Å². The zero-order chi connectivity index (χ0) is 23.1. The third-order valence-corrected chi connectivity index (χ3v) is 6.17. The quantitative estimate of drug-likeness (QED) is 0.177. The van der Waals surface area contributed by atoms with Crippen LogP contribution in [0.1, 0.15) is 61.8 Å². The fraction of sp³-hybridized carbons (Fsp3) is 0.308. The van der Waals surface area contributed by atoms with Crippen molar-refractivity contribution in [2.24, 2.45) is 0 Å². The summed E-state index contributed by atoms with van der Waals surface area (Å²) in [6.45, 7) is 10.5. The maximum Gasteiger partial charge on any atom is 0.615 e. The van der Waals surface area contributed by atoms with Crippen molar-refractivity contribution < 1.29 is 23.2 Å². The molecule has 3 aromatic rings. The Balaban J connectivity index is 1.75. The van der Waals surface area contributed by atoms with Crippen molar-refractivity contribution in [3.05, 3.63) is 95.1 Å². The van der Waals surface area contributed by atoms with Crippen molar-refractivity contribution in [1.29, 1.82) is 0 Å². The second-order valence-corrected chi connectivity index (χ2v) is 9.81. The maximum atomic E-state index is 13.4. The van der Waals surface area contributed by atoms with Gasteiger partial charge in [-0.05, 0) is 59.7 Å². The number of aryl methyl sites for hydroxylation is 1. The molecule has 0 aliphatic heterocycles. The van der Waals surface area contributed by atoms with Gasteiger partial charge in [0, 0.05) is 0 Å². The predicted molar refractivity (Wildman–Crippen MR) is 127 cm³/mol. The van der Waals surface area contributed by atoms with Gasteiger partial charge in [0.15, 0.2) is 0 Å². The topological polar surface area (TPSA) is 54.0 Å². The van der Waals surface area contributed by atoms with Gasteiger partial charge in [-0.15, -0.1) is 4.67 Å². The molecule has 0 N–H and O–H groups in total. The van der Waals surface area contributed by atoms with Crippen LogP contribution >= 0.6 is 7.82 Å². The molecule has 170 valence electrons. The molecule has 0 aliphatic carbocycles. The Morgan fingerprint density at radius 1 is 0.688 bits per heavy atom. The van der Waals surface area contributed by atoms with E-state index in [0.29, 0.717) is 23.3 Å². The van der Waals surface area contributed by atoms with Gasteiger partial charge in [0.05, 0.1) is 0 Å². The van der Waals surface area contributed by atoms with Gasteiger partial charge < -0.3 is 9.05 Å². The first-order chi connectivity index (χ1) is 15.2. The number of benzene rings is 3. The van der Waals surface area contributed by atoms with Gasteiger partial charge in [0.25, 0.3) is 0 Å². The first kappa shape index (κ1) is 24.1. The Labute approximate surface area is 190 Å². The van der Waals surface area contributed by atoms with Crippen molar-refractivity contribution in [2.75, 3.05) is 0 Å². The summed E-state index contributed by atoms with van der Waals surface area (Å²) >= 11 is 0. The van der Waals surface area contributed by atoms with Crippen LogP contribution in [0.5, 0.6) is 11.5 Å². The third-order valence-electron chi connectivity index (χ3n) is 5.02. The summed E-state index contributed by atoms with van der Waals surface area (Å²) in [5.74, 6) is 1.49. The molecular weight excluding hydrogens is 423 g/mol. The van der Waals surface area contributed by atoms with Gasteiger partial charge in [0.1, 0.15) is 18.1 Å². The van der Waals surface area contributed by atoms with Gasteiger partial charge in [0.2, 0.25) is 0 Å². The van der Waals surface area contributed by atoms with E-state index in [2.05, 4.69) is 27.7 Å². The molecule has 3 rings (SSSR count). The van der Waals surface area contributed by atoms with Crippen LogP contribution in [0.25, 0.3) is 0 Å². The van der Waals surface area contributed by atoms with Crippen LogP contribution in [0, 0.1) is 6.92 Å². The lowest BCUT2D eigenvalue weighted by molar-refractivity contribution is -0.229. The lowest BCUT2D eigenvalue weighted by atomic mass is 10.0. The highest BCUT2D eigenvalue weighted by atomic mass is 31.2. The van der Waals surface area contributed by atoms with E-state index in [-0.39, 0.29) is 6.61 Å². The fourth-order valence-electron chi connectivity index (χ4n) is 2.98. The van der Waals surface area contributed by atoms with Gasteiger partial charge in [-0.2, -0.15) is 0 Å². The van der Waals surface area contributed by atoms with Crippen LogP contribution in [0.2, 0.25) is 0 Å². The molecular formula is C26H31O5P. The first-order valence-electron chi connectivity index (χ1n) is 10.8. The molecule has 0 saturated carbocycles. The normalized spacial score (nSPS) is 11.7. The molecule has 0 radical (unpaired) electrons. The van der Waals surface area contributed by atoms with Crippen LogP contribution in [0.4, 0.5) is 0 Å². The van der Waals surface area contributed by atoms with Crippen LogP contribution in [-0.2, 0) is 20.7 Å². The Morgan fingerprint density at radius 2 is 1.12 bits per heavy atom. The molecule has 0 aromatic heterocycles. The summed E-state index contributed by atoms with van der Waals surface area (Å²) in [5.41, 5.74) is 4.31. The highest BCUT2D eigenvalue weighted by molar-refractivity contribution is 7.49. The molecule has 0 unspecified atom stereocenters. The maximum absolute atomic E-state index is 13.4.